The molecule has 0 spiro atoms. The van der Waals surface area contributed by atoms with Crippen LogP contribution in [0.2, 0.25) is 0 Å². The molecule has 1 unspecified atom stereocenters. The second kappa shape index (κ2) is 6.35. The maximum absolute atomic E-state index is 12.1. The fraction of sp³-hybridized carbons (Fsp3) is 1.00. The first-order chi connectivity index (χ1) is 8.59. The van der Waals surface area contributed by atoms with Gasteiger partial charge in [-0.05, 0) is 45.7 Å². The third kappa shape index (κ3) is 3.68. The van der Waals surface area contributed by atoms with Crippen molar-refractivity contribution in [1.29, 1.82) is 0 Å². The normalized spacial score (nSPS) is 25.4. The van der Waals surface area contributed by atoms with Crippen molar-refractivity contribution in [2.45, 2.75) is 63.2 Å². The molecule has 2 aliphatic rings. The zero-order chi connectivity index (χ0) is 13.0. The van der Waals surface area contributed by atoms with Gasteiger partial charge >= 0.3 is 0 Å². The van der Waals surface area contributed by atoms with Crippen LogP contribution < -0.4 is 4.72 Å². The van der Waals surface area contributed by atoms with Crippen LogP contribution in [0.25, 0.3) is 0 Å². The molecule has 0 bridgehead atoms. The predicted octanol–water partition coefficient (Wildman–Crippen LogP) is 1.72. The molecule has 1 heterocycles. The van der Waals surface area contributed by atoms with Crippen molar-refractivity contribution >= 4 is 10.0 Å². The zero-order valence-corrected chi connectivity index (χ0v) is 12.2. The van der Waals surface area contributed by atoms with Crippen molar-refractivity contribution in [3.05, 3.63) is 0 Å². The van der Waals surface area contributed by atoms with Crippen LogP contribution in [-0.2, 0) is 10.0 Å². The van der Waals surface area contributed by atoms with Crippen LogP contribution in [0.3, 0.4) is 0 Å². The number of rotatable bonds is 5. The van der Waals surface area contributed by atoms with Gasteiger partial charge in [-0.25, -0.2) is 13.1 Å². The Hall–Kier alpha value is -0.130. The molecule has 1 aliphatic carbocycles. The van der Waals surface area contributed by atoms with Gasteiger partial charge in [0.25, 0.3) is 0 Å². The highest BCUT2D eigenvalue weighted by atomic mass is 32.2. The molecule has 0 aromatic rings. The lowest BCUT2D eigenvalue weighted by molar-refractivity contribution is 0.175. The van der Waals surface area contributed by atoms with E-state index in [1.54, 1.807) is 0 Å². The standard InChI is InChI=1S/C13H26N2O2S/c1-12(15-9-5-2-6-10-15)11-14-18(16,17)13-7-3-4-8-13/h12-14H,2-11H2,1H3. The minimum Gasteiger partial charge on any atom is -0.299 e. The van der Waals surface area contributed by atoms with Crippen LogP contribution in [0.1, 0.15) is 51.9 Å². The molecule has 1 atom stereocenters. The van der Waals surface area contributed by atoms with E-state index in [0.29, 0.717) is 12.6 Å². The number of nitrogens with zero attached hydrogens (tertiary/aromatic N) is 1. The zero-order valence-electron chi connectivity index (χ0n) is 11.4. The van der Waals surface area contributed by atoms with Crippen LogP contribution >= 0.6 is 0 Å². The van der Waals surface area contributed by atoms with Crippen LogP contribution in [0.4, 0.5) is 0 Å². The van der Waals surface area contributed by atoms with E-state index in [9.17, 15) is 8.42 Å². The number of sulfonamides is 1. The van der Waals surface area contributed by atoms with Gasteiger partial charge in [-0.2, -0.15) is 0 Å². The van der Waals surface area contributed by atoms with Crippen molar-refractivity contribution in [3.8, 4) is 0 Å². The second-order valence-corrected chi connectivity index (χ2v) is 7.79. The molecule has 0 radical (unpaired) electrons. The van der Waals surface area contributed by atoms with Gasteiger partial charge in [0, 0.05) is 12.6 Å². The molecular formula is C13H26N2O2S. The Bertz CT molecular complexity index is 344. The van der Waals surface area contributed by atoms with Crippen LogP contribution in [0.15, 0.2) is 0 Å². The molecule has 4 nitrogen and oxygen atoms in total. The first kappa shape index (κ1) is 14.3. The predicted molar refractivity (Wildman–Crippen MR) is 74.1 cm³/mol. The lowest BCUT2D eigenvalue weighted by Gasteiger charge is -2.32. The molecule has 1 saturated heterocycles. The van der Waals surface area contributed by atoms with E-state index in [-0.39, 0.29) is 5.25 Å². The van der Waals surface area contributed by atoms with Crippen LogP contribution in [0.5, 0.6) is 0 Å². The Morgan fingerprint density at radius 3 is 2.33 bits per heavy atom. The number of hydrogen-bond donors (Lipinski definition) is 1. The van der Waals surface area contributed by atoms with Gasteiger partial charge in [-0.1, -0.05) is 19.3 Å². The summed E-state index contributed by atoms with van der Waals surface area (Å²) in [5.74, 6) is 0. The first-order valence-corrected chi connectivity index (χ1v) is 8.87. The summed E-state index contributed by atoms with van der Waals surface area (Å²) >= 11 is 0. The maximum Gasteiger partial charge on any atom is 0.214 e. The largest absolute Gasteiger partial charge is 0.299 e. The fourth-order valence-electron chi connectivity index (χ4n) is 3.04. The number of piperidine rings is 1. The maximum atomic E-state index is 12.1. The summed E-state index contributed by atoms with van der Waals surface area (Å²) < 4.78 is 27.0. The van der Waals surface area contributed by atoms with Gasteiger partial charge in [-0.3, -0.25) is 4.90 Å². The Morgan fingerprint density at radius 2 is 1.72 bits per heavy atom. The lowest BCUT2D eigenvalue weighted by atomic mass is 10.1. The van der Waals surface area contributed by atoms with Gasteiger partial charge < -0.3 is 0 Å². The third-order valence-electron chi connectivity index (χ3n) is 4.33. The first-order valence-electron chi connectivity index (χ1n) is 7.32. The van der Waals surface area contributed by atoms with Gasteiger partial charge in [0.05, 0.1) is 5.25 Å². The van der Waals surface area contributed by atoms with Crippen LogP contribution in [0, 0.1) is 0 Å². The van der Waals surface area contributed by atoms with Gasteiger partial charge in [0.2, 0.25) is 10.0 Å². The molecule has 0 amide bonds. The third-order valence-corrected chi connectivity index (χ3v) is 6.25. The van der Waals surface area contributed by atoms with E-state index in [1.165, 1.54) is 19.3 Å². The minimum atomic E-state index is -3.07. The molecule has 1 aliphatic heterocycles. The van der Waals surface area contributed by atoms with Gasteiger partial charge in [-0.15, -0.1) is 0 Å². The molecule has 2 fully saturated rings. The Balaban J connectivity index is 1.79. The molecule has 5 heteroatoms. The molecule has 0 aromatic carbocycles. The SMILES string of the molecule is CC(CNS(=O)(=O)C1CCCC1)N1CCCCC1. The Labute approximate surface area is 111 Å². The van der Waals surface area contributed by atoms with E-state index >= 15 is 0 Å². The molecular weight excluding hydrogens is 248 g/mol. The van der Waals surface area contributed by atoms with E-state index in [2.05, 4.69) is 16.5 Å². The van der Waals surface area contributed by atoms with E-state index in [4.69, 9.17) is 0 Å². The van der Waals surface area contributed by atoms with Crippen molar-refractivity contribution < 1.29 is 8.42 Å². The van der Waals surface area contributed by atoms with Gasteiger partial charge in [0.15, 0.2) is 0 Å². The number of likely N-dealkylation sites (tertiary alicyclic amines) is 1. The van der Waals surface area contributed by atoms with Gasteiger partial charge in [0.1, 0.15) is 0 Å². The summed E-state index contributed by atoms with van der Waals surface area (Å²) in [4.78, 5) is 2.40. The molecule has 0 aromatic heterocycles. The number of nitrogens with one attached hydrogen (secondary N) is 1. The highest BCUT2D eigenvalue weighted by molar-refractivity contribution is 7.90. The van der Waals surface area contributed by atoms with E-state index < -0.39 is 10.0 Å². The minimum absolute atomic E-state index is 0.133. The lowest BCUT2D eigenvalue weighted by Crippen LogP contribution is -2.45. The summed E-state index contributed by atoms with van der Waals surface area (Å²) in [6.07, 6.45) is 7.62. The Morgan fingerprint density at radius 1 is 1.11 bits per heavy atom. The Kier molecular flexibility index (Phi) is 5.04. The topological polar surface area (TPSA) is 49.4 Å². The average Bonchev–Trinajstić information content (AvgIpc) is 2.92. The summed E-state index contributed by atoms with van der Waals surface area (Å²) in [6, 6.07) is 0.321. The smallest absolute Gasteiger partial charge is 0.214 e. The molecule has 2 rings (SSSR count). The van der Waals surface area contributed by atoms with Crippen molar-refractivity contribution in [2.24, 2.45) is 0 Å². The summed E-state index contributed by atoms with van der Waals surface area (Å²) in [5.41, 5.74) is 0. The highest BCUT2D eigenvalue weighted by Gasteiger charge is 2.29. The molecule has 1 saturated carbocycles. The van der Waals surface area contributed by atoms with Crippen molar-refractivity contribution in [2.75, 3.05) is 19.6 Å². The molecule has 1 N–H and O–H groups in total. The van der Waals surface area contributed by atoms with Crippen molar-refractivity contribution in [1.82, 2.24) is 9.62 Å². The summed E-state index contributed by atoms with van der Waals surface area (Å²) in [5, 5.41) is -0.133. The highest BCUT2D eigenvalue weighted by Crippen LogP contribution is 2.24. The van der Waals surface area contributed by atoms with Crippen molar-refractivity contribution in [3.63, 3.8) is 0 Å². The summed E-state index contributed by atoms with van der Waals surface area (Å²) in [6.45, 7) is 4.93. The second-order valence-electron chi connectivity index (χ2n) is 5.75. The van der Waals surface area contributed by atoms with Crippen LogP contribution in [-0.4, -0.2) is 44.2 Å². The molecule has 18 heavy (non-hydrogen) atoms. The number of hydrogen-bond acceptors (Lipinski definition) is 3. The average molecular weight is 274 g/mol. The summed E-state index contributed by atoms with van der Waals surface area (Å²) in [7, 11) is -3.07. The fourth-order valence-corrected chi connectivity index (χ4v) is 4.70. The monoisotopic (exact) mass is 274 g/mol. The van der Waals surface area contributed by atoms with E-state index in [0.717, 1.165) is 38.8 Å². The van der Waals surface area contributed by atoms with E-state index in [1.807, 2.05) is 0 Å². The quantitative estimate of drug-likeness (QED) is 0.830. The molecule has 106 valence electrons.